The second-order valence-electron chi connectivity index (χ2n) is 5.14. The summed E-state index contributed by atoms with van der Waals surface area (Å²) in [7, 11) is -3.97. The van der Waals surface area contributed by atoms with Crippen molar-refractivity contribution in [2.75, 3.05) is 0 Å². The van der Waals surface area contributed by atoms with Gasteiger partial charge in [-0.25, -0.2) is 0 Å². The summed E-state index contributed by atoms with van der Waals surface area (Å²) in [6.45, 7) is 3.59. The Bertz CT molecular complexity index is 913. The smallest absolute Gasteiger partial charge is 0.340 e. The fourth-order valence-electron chi connectivity index (χ4n) is 2.20. The van der Waals surface area contributed by atoms with Crippen LogP contribution in [0.15, 0.2) is 64.0 Å². The van der Waals surface area contributed by atoms with Gasteiger partial charge in [-0.2, -0.15) is 8.42 Å². The zero-order valence-corrected chi connectivity index (χ0v) is 13.5. The molecule has 2 aromatic carbocycles. The molecular weight excluding hydrogens is 314 g/mol. The lowest BCUT2D eigenvalue weighted by Crippen LogP contribution is -2.10. The number of aryl methyl sites for hydroxylation is 2. The number of rotatable bonds is 4. The van der Waals surface area contributed by atoms with Gasteiger partial charge < -0.3 is 8.71 Å². The molecule has 0 saturated carbocycles. The zero-order chi connectivity index (χ0) is 16.4. The van der Waals surface area contributed by atoms with E-state index in [0.717, 1.165) is 11.1 Å². The maximum atomic E-state index is 12.4. The van der Waals surface area contributed by atoms with E-state index in [9.17, 15) is 8.42 Å². The fourth-order valence-corrected chi connectivity index (χ4v) is 3.08. The van der Waals surface area contributed by atoms with Gasteiger partial charge >= 0.3 is 10.1 Å². The number of hydrogen-bond donors (Lipinski definition) is 0. The maximum Gasteiger partial charge on any atom is 0.340 e. The average molecular weight is 329 g/mol. The van der Waals surface area contributed by atoms with Crippen LogP contribution in [0.1, 0.15) is 11.3 Å². The molecular formula is C17H15NO4S. The summed E-state index contributed by atoms with van der Waals surface area (Å²) in [5.74, 6) is 0.430. The molecule has 1 heterocycles. The lowest BCUT2D eigenvalue weighted by Gasteiger charge is -2.06. The molecule has 118 valence electrons. The van der Waals surface area contributed by atoms with Crippen LogP contribution < -0.4 is 4.18 Å². The van der Waals surface area contributed by atoms with E-state index >= 15 is 0 Å². The molecule has 0 aliphatic heterocycles. The number of benzene rings is 2. The predicted octanol–water partition coefficient (Wildman–Crippen LogP) is 3.73. The van der Waals surface area contributed by atoms with Crippen molar-refractivity contribution in [2.24, 2.45) is 0 Å². The van der Waals surface area contributed by atoms with Gasteiger partial charge in [0.2, 0.25) is 0 Å². The van der Waals surface area contributed by atoms with Gasteiger partial charge in [0.1, 0.15) is 10.7 Å². The molecule has 0 amide bonds. The van der Waals surface area contributed by atoms with Gasteiger partial charge in [-0.1, -0.05) is 48.0 Å². The first kappa shape index (κ1) is 15.3. The van der Waals surface area contributed by atoms with Gasteiger partial charge in [0.05, 0.1) is 5.56 Å². The molecule has 0 bridgehead atoms. The third-order valence-corrected chi connectivity index (χ3v) is 4.62. The second-order valence-corrected chi connectivity index (χ2v) is 6.68. The third-order valence-electron chi connectivity index (χ3n) is 3.39. The van der Waals surface area contributed by atoms with Crippen LogP contribution >= 0.6 is 0 Å². The van der Waals surface area contributed by atoms with E-state index < -0.39 is 10.1 Å². The Labute approximate surface area is 134 Å². The minimum atomic E-state index is -3.97. The monoisotopic (exact) mass is 329 g/mol. The maximum absolute atomic E-state index is 12.4. The Balaban J connectivity index is 1.99. The second kappa shape index (κ2) is 5.89. The highest BCUT2D eigenvalue weighted by Gasteiger charge is 2.23. The van der Waals surface area contributed by atoms with Gasteiger partial charge in [0.15, 0.2) is 0 Å². The minimum Gasteiger partial charge on any atom is -0.357 e. The fraction of sp³-hybridized carbons (Fsp3) is 0.118. The van der Waals surface area contributed by atoms with Gasteiger partial charge in [-0.3, -0.25) is 0 Å². The van der Waals surface area contributed by atoms with Crippen molar-refractivity contribution in [1.29, 1.82) is 0 Å². The van der Waals surface area contributed by atoms with Crippen molar-refractivity contribution in [2.45, 2.75) is 18.7 Å². The van der Waals surface area contributed by atoms with E-state index in [-0.39, 0.29) is 10.8 Å². The molecule has 0 aliphatic carbocycles. The zero-order valence-electron chi connectivity index (χ0n) is 12.7. The standard InChI is InChI=1S/C17H15NO4S/c1-12-8-10-15(11-9-12)23(19,20)22-17-16(13(2)21-18-17)14-6-4-3-5-7-14/h3-11H,1-2H3. The lowest BCUT2D eigenvalue weighted by atomic mass is 10.1. The summed E-state index contributed by atoms with van der Waals surface area (Å²) in [5, 5.41) is 3.74. The Morgan fingerprint density at radius 2 is 1.61 bits per heavy atom. The highest BCUT2D eigenvalue weighted by molar-refractivity contribution is 7.87. The van der Waals surface area contributed by atoms with Crippen LogP contribution in [-0.4, -0.2) is 13.6 Å². The molecule has 3 rings (SSSR count). The SMILES string of the molecule is Cc1ccc(S(=O)(=O)Oc2noc(C)c2-c2ccccc2)cc1. The molecule has 0 N–H and O–H groups in total. The molecule has 0 fully saturated rings. The first-order valence-corrected chi connectivity index (χ1v) is 8.41. The van der Waals surface area contributed by atoms with E-state index in [2.05, 4.69) is 5.16 Å². The van der Waals surface area contributed by atoms with Crippen LogP contribution in [0.4, 0.5) is 0 Å². The molecule has 23 heavy (non-hydrogen) atoms. The van der Waals surface area contributed by atoms with Crippen LogP contribution in [-0.2, 0) is 10.1 Å². The van der Waals surface area contributed by atoms with Crippen molar-refractivity contribution in [3.05, 3.63) is 65.9 Å². The number of aromatic nitrogens is 1. The Morgan fingerprint density at radius 3 is 2.26 bits per heavy atom. The first-order chi connectivity index (χ1) is 11.0. The quantitative estimate of drug-likeness (QED) is 0.682. The van der Waals surface area contributed by atoms with Crippen molar-refractivity contribution >= 4 is 10.1 Å². The Morgan fingerprint density at radius 1 is 0.957 bits per heavy atom. The average Bonchev–Trinajstić information content (AvgIpc) is 2.88. The van der Waals surface area contributed by atoms with Crippen LogP contribution in [0.5, 0.6) is 5.88 Å². The predicted molar refractivity (Wildman–Crippen MR) is 85.7 cm³/mol. The summed E-state index contributed by atoms with van der Waals surface area (Å²) < 4.78 is 35.1. The molecule has 0 spiro atoms. The van der Waals surface area contributed by atoms with E-state index in [1.165, 1.54) is 12.1 Å². The van der Waals surface area contributed by atoms with Crippen molar-refractivity contribution in [1.82, 2.24) is 5.16 Å². The van der Waals surface area contributed by atoms with Crippen LogP contribution in [0.2, 0.25) is 0 Å². The van der Waals surface area contributed by atoms with Crippen LogP contribution in [0, 0.1) is 13.8 Å². The molecule has 0 unspecified atom stereocenters. The minimum absolute atomic E-state index is 0.0609. The molecule has 0 saturated heterocycles. The molecule has 5 nitrogen and oxygen atoms in total. The summed E-state index contributed by atoms with van der Waals surface area (Å²) in [6.07, 6.45) is 0. The molecule has 0 atom stereocenters. The van der Waals surface area contributed by atoms with E-state index in [1.807, 2.05) is 37.3 Å². The largest absolute Gasteiger partial charge is 0.357 e. The summed E-state index contributed by atoms with van der Waals surface area (Å²) >= 11 is 0. The summed E-state index contributed by atoms with van der Waals surface area (Å²) in [5.41, 5.74) is 2.27. The Hall–Kier alpha value is -2.60. The van der Waals surface area contributed by atoms with Gasteiger partial charge in [-0.15, -0.1) is 0 Å². The van der Waals surface area contributed by atoms with Crippen LogP contribution in [0.25, 0.3) is 11.1 Å². The van der Waals surface area contributed by atoms with Crippen LogP contribution in [0.3, 0.4) is 0 Å². The summed E-state index contributed by atoms with van der Waals surface area (Å²) in [4.78, 5) is 0.0720. The first-order valence-electron chi connectivity index (χ1n) is 7.00. The number of nitrogens with zero attached hydrogens (tertiary/aromatic N) is 1. The highest BCUT2D eigenvalue weighted by atomic mass is 32.2. The summed E-state index contributed by atoms with van der Waals surface area (Å²) in [6, 6.07) is 15.7. The van der Waals surface area contributed by atoms with Crippen molar-refractivity contribution in [3.63, 3.8) is 0 Å². The lowest BCUT2D eigenvalue weighted by molar-refractivity contribution is 0.368. The van der Waals surface area contributed by atoms with Gasteiger partial charge in [-0.05, 0) is 36.7 Å². The molecule has 1 aromatic heterocycles. The van der Waals surface area contributed by atoms with Crippen molar-refractivity contribution < 1.29 is 17.1 Å². The topological polar surface area (TPSA) is 69.4 Å². The third kappa shape index (κ3) is 3.12. The Kier molecular flexibility index (Phi) is 3.92. The van der Waals surface area contributed by atoms with E-state index in [0.29, 0.717) is 11.3 Å². The van der Waals surface area contributed by atoms with Crippen molar-refractivity contribution in [3.8, 4) is 17.0 Å². The van der Waals surface area contributed by atoms with Gasteiger partial charge in [0, 0.05) is 0 Å². The normalized spacial score (nSPS) is 11.4. The van der Waals surface area contributed by atoms with Gasteiger partial charge in [0.25, 0.3) is 5.88 Å². The van der Waals surface area contributed by atoms with E-state index in [4.69, 9.17) is 8.71 Å². The number of hydrogen-bond acceptors (Lipinski definition) is 5. The molecule has 3 aromatic rings. The van der Waals surface area contributed by atoms with E-state index in [1.54, 1.807) is 19.1 Å². The highest BCUT2D eigenvalue weighted by Crippen LogP contribution is 2.34. The molecule has 6 heteroatoms. The molecule has 0 aliphatic rings. The molecule has 0 radical (unpaired) electrons.